The number of rotatable bonds is 7. The molecule has 0 unspecified atom stereocenters. The highest BCUT2D eigenvalue weighted by Crippen LogP contribution is 2.33. The van der Waals surface area contributed by atoms with E-state index in [1.807, 2.05) is 37.3 Å². The second kappa shape index (κ2) is 8.35. The van der Waals surface area contributed by atoms with Crippen molar-refractivity contribution >= 4 is 21.2 Å². The lowest BCUT2D eigenvalue weighted by atomic mass is 10.3. The van der Waals surface area contributed by atoms with Gasteiger partial charge in [-0.25, -0.2) is 8.42 Å². The van der Waals surface area contributed by atoms with E-state index in [0.717, 1.165) is 6.42 Å². The maximum Gasteiger partial charge on any atom is 0.243 e. The summed E-state index contributed by atoms with van der Waals surface area (Å²) in [5.41, 5.74) is 2.00. The third-order valence-corrected chi connectivity index (χ3v) is 6.05. The summed E-state index contributed by atoms with van der Waals surface area (Å²) in [6, 6.07) is 15.5. The highest BCUT2D eigenvalue weighted by atomic mass is 32.2. The maximum absolute atomic E-state index is 12.2. The van der Waals surface area contributed by atoms with Gasteiger partial charge in [0.05, 0.1) is 27.7 Å². The van der Waals surface area contributed by atoms with Crippen molar-refractivity contribution in [1.82, 2.24) is 9.78 Å². The average Bonchev–Trinajstić information content (AvgIpc) is 2.99. The monoisotopic (exact) mass is 398 g/mol. The number of azo groups is 1. The van der Waals surface area contributed by atoms with Crippen LogP contribution in [-0.2, 0) is 9.84 Å². The van der Waals surface area contributed by atoms with Crippen LogP contribution in [0.4, 0.5) is 11.4 Å². The minimum Gasteiger partial charge on any atom is -0.492 e. The molecule has 7 nitrogen and oxygen atoms in total. The topological polar surface area (TPSA) is 96.9 Å². The number of aromatic nitrogens is 2. The van der Waals surface area contributed by atoms with Gasteiger partial charge in [-0.05, 0) is 49.7 Å². The Kier molecular flexibility index (Phi) is 5.89. The molecule has 28 heavy (non-hydrogen) atoms. The van der Waals surface area contributed by atoms with Gasteiger partial charge in [0.1, 0.15) is 0 Å². The number of para-hydroxylation sites is 1. The summed E-state index contributed by atoms with van der Waals surface area (Å²) in [4.78, 5) is 0.274. The molecule has 3 aromatic rings. The molecule has 1 heterocycles. The summed E-state index contributed by atoms with van der Waals surface area (Å²) < 4.78 is 25.8. The molecule has 0 bridgehead atoms. The summed E-state index contributed by atoms with van der Waals surface area (Å²) in [5, 5.41) is 23.0. The Morgan fingerprint density at radius 3 is 2.36 bits per heavy atom. The van der Waals surface area contributed by atoms with Crippen molar-refractivity contribution in [2.75, 3.05) is 5.75 Å². The van der Waals surface area contributed by atoms with E-state index in [4.69, 9.17) is 0 Å². The SMILES string of the molecule is CCCCS(=O)(=O)c1ccc(N=Nc2c(C)nn(-c3ccccc3)c2O)cc1. The number of hydrogen-bond donors (Lipinski definition) is 1. The number of unbranched alkanes of at least 4 members (excludes halogenated alkanes) is 1. The predicted molar refractivity (Wildman–Crippen MR) is 108 cm³/mol. The molecular formula is C20H22N4O3S. The Morgan fingerprint density at radius 1 is 1.04 bits per heavy atom. The Labute approximate surface area is 164 Å². The van der Waals surface area contributed by atoms with Gasteiger partial charge in [0.15, 0.2) is 15.5 Å². The molecule has 2 aromatic carbocycles. The Morgan fingerprint density at radius 2 is 1.71 bits per heavy atom. The third kappa shape index (κ3) is 4.28. The van der Waals surface area contributed by atoms with E-state index in [0.29, 0.717) is 23.5 Å². The minimum absolute atomic E-state index is 0.105. The zero-order valence-corrected chi connectivity index (χ0v) is 16.6. The number of hydrogen-bond acceptors (Lipinski definition) is 6. The first-order valence-electron chi connectivity index (χ1n) is 9.01. The van der Waals surface area contributed by atoms with E-state index in [9.17, 15) is 13.5 Å². The van der Waals surface area contributed by atoms with Crippen molar-refractivity contribution in [2.24, 2.45) is 10.2 Å². The Hall–Kier alpha value is -3.00. The molecule has 0 aliphatic carbocycles. The number of benzene rings is 2. The Bertz CT molecular complexity index is 1070. The molecular weight excluding hydrogens is 376 g/mol. The van der Waals surface area contributed by atoms with Crippen LogP contribution in [0, 0.1) is 6.92 Å². The van der Waals surface area contributed by atoms with Crippen LogP contribution in [-0.4, -0.2) is 29.1 Å². The molecule has 146 valence electrons. The van der Waals surface area contributed by atoms with Crippen molar-refractivity contribution in [3.8, 4) is 11.6 Å². The molecule has 8 heteroatoms. The largest absolute Gasteiger partial charge is 0.492 e. The first kappa shape index (κ1) is 19.8. The highest BCUT2D eigenvalue weighted by Gasteiger charge is 2.16. The molecule has 0 aliphatic rings. The number of nitrogens with zero attached hydrogens (tertiary/aromatic N) is 4. The molecule has 1 aromatic heterocycles. The van der Waals surface area contributed by atoms with Gasteiger partial charge in [-0.15, -0.1) is 5.11 Å². The lowest BCUT2D eigenvalue weighted by Gasteiger charge is -2.03. The fraction of sp³-hybridized carbons (Fsp3) is 0.250. The zero-order chi connectivity index (χ0) is 20.1. The van der Waals surface area contributed by atoms with Crippen LogP contribution in [0.5, 0.6) is 5.88 Å². The van der Waals surface area contributed by atoms with Crippen LogP contribution in [0.15, 0.2) is 69.7 Å². The summed E-state index contributed by atoms with van der Waals surface area (Å²) in [7, 11) is -3.27. The quantitative estimate of drug-likeness (QED) is 0.574. The van der Waals surface area contributed by atoms with E-state index in [1.165, 1.54) is 16.8 Å². The number of aryl methyl sites for hydroxylation is 1. The van der Waals surface area contributed by atoms with Crippen molar-refractivity contribution in [2.45, 2.75) is 31.6 Å². The normalized spacial score (nSPS) is 11.9. The molecule has 3 rings (SSSR count). The standard InChI is InChI=1S/C20H22N4O3S/c1-3-4-14-28(26,27)18-12-10-16(11-13-18)21-22-19-15(2)23-24(20(19)25)17-8-6-5-7-9-17/h5-13,25H,3-4,14H2,1-2H3. The predicted octanol–water partition coefficient (Wildman–Crippen LogP) is 4.88. The highest BCUT2D eigenvalue weighted by molar-refractivity contribution is 7.91. The maximum atomic E-state index is 12.2. The van der Waals surface area contributed by atoms with Crippen molar-refractivity contribution in [3.05, 3.63) is 60.3 Å². The van der Waals surface area contributed by atoms with Gasteiger partial charge in [-0.2, -0.15) is 14.9 Å². The van der Waals surface area contributed by atoms with Gasteiger partial charge in [0, 0.05) is 0 Å². The van der Waals surface area contributed by atoms with Crippen LogP contribution in [0.2, 0.25) is 0 Å². The van der Waals surface area contributed by atoms with Crippen LogP contribution < -0.4 is 0 Å². The lowest BCUT2D eigenvalue weighted by Crippen LogP contribution is -2.06. The molecule has 0 radical (unpaired) electrons. The van der Waals surface area contributed by atoms with E-state index in [1.54, 1.807) is 19.1 Å². The van der Waals surface area contributed by atoms with Crippen LogP contribution in [0.1, 0.15) is 25.5 Å². The van der Waals surface area contributed by atoms with Crippen molar-refractivity contribution in [1.29, 1.82) is 0 Å². The van der Waals surface area contributed by atoms with Gasteiger partial charge in [-0.3, -0.25) is 0 Å². The molecule has 0 atom stereocenters. The van der Waals surface area contributed by atoms with Gasteiger partial charge in [0.2, 0.25) is 5.88 Å². The summed E-state index contributed by atoms with van der Waals surface area (Å²) in [6.45, 7) is 3.69. The van der Waals surface area contributed by atoms with Crippen LogP contribution in [0.25, 0.3) is 5.69 Å². The number of aromatic hydroxyl groups is 1. The van der Waals surface area contributed by atoms with E-state index < -0.39 is 9.84 Å². The van der Waals surface area contributed by atoms with Gasteiger partial charge >= 0.3 is 0 Å². The first-order chi connectivity index (χ1) is 13.4. The molecule has 0 spiro atoms. The first-order valence-corrected chi connectivity index (χ1v) is 10.7. The second-order valence-corrected chi connectivity index (χ2v) is 8.48. The van der Waals surface area contributed by atoms with Crippen LogP contribution in [0.3, 0.4) is 0 Å². The van der Waals surface area contributed by atoms with E-state index in [-0.39, 0.29) is 22.2 Å². The smallest absolute Gasteiger partial charge is 0.243 e. The molecule has 0 fully saturated rings. The molecule has 0 saturated carbocycles. The molecule has 1 N–H and O–H groups in total. The second-order valence-electron chi connectivity index (χ2n) is 6.37. The molecule has 0 aliphatic heterocycles. The van der Waals surface area contributed by atoms with Crippen LogP contribution >= 0.6 is 0 Å². The van der Waals surface area contributed by atoms with Gasteiger partial charge in [-0.1, -0.05) is 31.5 Å². The molecule has 0 saturated heterocycles. The third-order valence-electron chi connectivity index (χ3n) is 4.23. The minimum atomic E-state index is -3.27. The van der Waals surface area contributed by atoms with E-state index >= 15 is 0 Å². The Balaban J connectivity index is 1.82. The van der Waals surface area contributed by atoms with Crippen molar-refractivity contribution in [3.63, 3.8) is 0 Å². The average molecular weight is 398 g/mol. The van der Waals surface area contributed by atoms with E-state index in [2.05, 4.69) is 15.3 Å². The zero-order valence-electron chi connectivity index (χ0n) is 15.8. The lowest BCUT2D eigenvalue weighted by molar-refractivity contribution is 0.434. The summed E-state index contributed by atoms with van der Waals surface area (Å²) in [6.07, 6.45) is 1.46. The fourth-order valence-electron chi connectivity index (χ4n) is 2.65. The van der Waals surface area contributed by atoms with Gasteiger partial charge < -0.3 is 5.11 Å². The fourth-order valence-corrected chi connectivity index (χ4v) is 4.11. The summed E-state index contributed by atoms with van der Waals surface area (Å²) in [5.74, 6) is 0.0297. The summed E-state index contributed by atoms with van der Waals surface area (Å²) >= 11 is 0. The van der Waals surface area contributed by atoms with Gasteiger partial charge in [0.25, 0.3) is 0 Å². The number of sulfone groups is 1. The van der Waals surface area contributed by atoms with Crippen molar-refractivity contribution < 1.29 is 13.5 Å². The molecule has 0 amide bonds.